The van der Waals surface area contributed by atoms with Crippen molar-refractivity contribution in [3.63, 3.8) is 0 Å². The number of urea groups is 2. The van der Waals surface area contributed by atoms with Gasteiger partial charge in [0, 0.05) is 6.54 Å². The van der Waals surface area contributed by atoms with E-state index in [0.29, 0.717) is 25.3 Å². The van der Waals surface area contributed by atoms with Crippen molar-refractivity contribution < 1.29 is 28.7 Å². The highest BCUT2D eigenvalue weighted by Gasteiger charge is 2.53. The van der Waals surface area contributed by atoms with E-state index in [-0.39, 0.29) is 5.41 Å². The Balaban J connectivity index is 1.87. The zero-order chi connectivity index (χ0) is 22.5. The summed E-state index contributed by atoms with van der Waals surface area (Å²) < 4.78 is 4.79. The van der Waals surface area contributed by atoms with Gasteiger partial charge in [0.2, 0.25) is 0 Å². The van der Waals surface area contributed by atoms with E-state index < -0.39 is 48.5 Å². The van der Waals surface area contributed by atoms with Crippen LogP contribution in [0.1, 0.15) is 59.8 Å². The lowest BCUT2D eigenvalue weighted by molar-refractivity contribution is -0.151. The molecule has 1 saturated heterocycles. The molecule has 10 nitrogen and oxygen atoms in total. The number of amides is 6. The minimum atomic E-state index is -0.965. The van der Waals surface area contributed by atoms with E-state index in [9.17, 15) is 24.0 Å². The van der Waals surface area contributed by atoms with Crippen molar-refractivity contribution in [1.82, 2.24) is 20.9 Å². The number of nitrogens with zero attached hydrogens (tertiary/aromatic N) is 1. The van der Waals surface area contributed by atoms with E-state index in [1.807, 2.05) is 5.32 Å². The number of esters is 1. The minimum Gasteiger partial charge on any atom is -0.454 e. The summed E-state index contributed by atoms with van der Waals surface area (Å²) in [6.07, 6.45) is 3.76. The molecule has 30 heavy (non-hydrogen) atoms. The predicted octanol–water partition coefficient (Wildman–Crippen LogP) is 1.29. The van der Waals surface area contributed by atoms with Gasteiger partial charge in [-0.15, -0.1) is 0 Å². The minimum absolute atomic E-state index is 0.172. The molecule has 0 aromatic rings. The van der Waals surface area contributed by atoms with Gasteiger partial charge in [0.1, 0.15) is 12.1 Å². The van der Waals surface area contributed by atoms with E-state index in [4.69, 9.17) is 4.74 Å². The number of rotatable bonds is 7. The van der Waals surface area contributed by atoms with Gasteiger partial charge in [-0.2, -0.15) is 0 Å². The lowest BCUT2D eigenvalue weighted by Gasteiger charge is -2.42. The van der Waals surface area contributed by atoms with Crippen molar-refractivity contribution in [3.05, 3.63) is 0 Å². The fourth-order valence-electron chi connectivity index (χ4n) is 4.03. The molecule has 0 aromatic carbocycles. The van der Waals surface area contributed by atoms with Gasteiger partial charge in [0.05, 0.1) is 0 Å². The zero-order valence-electron chi connectivity index (χ0n) is 18.1. The predicted molar refractivity (Wildman–Crippen MR) is 107 cm³/mol. The van der Waals surface area contributed by atoms with Crippen LogP contribution in [0.4, 0.5) is 9.59 Å². The highest BCUT2D eigenvalue weighted by atomic mass is 16.5. The third-order valence-electron chi connectivity index (χ3n) is 6.34. The molecule has 0 unspecified atom stereocenters. The van der Waals surface area contributed by atoms with Crippen molar-refractivity contribution >= 4 is 29.8 Å². The highest BCUT2D eigenvalue weighted by Crippen LogP contribution is 2.45. The van der Waals surface area contributed by atoms with Crippen LogP contribution in [0, 0.1) is 11.3 Å². The summed E-state index contributed by atoms with van der Waals surface area (Å²) in [5.41, 5.74) is -0.793. The number of carbonyl (C=O) groups excluding carboxylic acids is 5. The summed E-state index contributed by atoms with van der Waals surface area (Å²) in [5, 5.41) is 7.12. The molecule has 1 spiro atoms. The topological polar surface area (TPSA) is 134 Å². The number of carbonyl (C=O) groups is 5. The largest absolute Gasteiger partial charge is 0.454 e. The first-order valence-corrected chi connectivity index (χ1v) is 10.4. The van der Waals surface area contributed by atoms with E-state index in [2.05, 4.69) is 31.4 Å². The summed E-state index contributed by atoms with van der Waals surface area (Å²) in [5.74, 6) is -1.66. The van der Waals surface area contributed by atoms with E-state index in [1.54, 1.807) is 6.92 Å². The second-order valence-corrected chi connectivity index (χ2v) is 8.59. The number of ether oxygens (including phenoxy) is 1. The maximum atomic E-state index is 12.9. The van der Waals surface area contributed by atoms with Crippen LogP contribution in [-0.4, -0.2) is 60.0 Å². The average molecular weight is 424 g/mol. The van der Waals surface area contributed by atoms with Crippen LogP contribution < -0.4 is 16.0 Å². The first-order valence-electron chi connectivity index (χ1n) is 10.4. The molecule has 2 fully saturated rings. The second-order valence-electron chi connectivity index (χ2n) is 8.59. The number of hydrogen-bond acceptors (Lipinski definition) is 6. The maximum absolute atomic E-state index is 12.9. The van der Waals surface area contributed by atoms with Gasteiger partial charge < -0.3 is 15.4 Å². The number of nitrogens with one attached hydrogen (secondary N) is 3. The monoisotopic (exact) mass is 424 g/mol. The van der Waals surface area contributed by atoms with Gasteiger partial charge in [-0.3, -0.25) is 24.6 Å². The van der Waals surface area contributed by atoms with Crippen molar-refractivity contribution in [2.45, 2.75) is 65.3 Å². The molecule has 168 valence electrons. The standard InChI is InChI=1S/C20H32N4O6/c1-5-19(3,4)13-7-9-20(10-8-13)16(27)24(18(29)23-20)11-15(26)30-12-14(25)22-17(28)21-6-2/h13H,5-12H2,1-4H3,(H,23,29)(H2,21,22,25,28). The van der Waals surface area contributed by atoms with E-state index >= 15 is 0 Å². The quantitative estimate of drug-likeness (QED) is 0.416. The smallest absolute Gasteiger partial charge is 0.326 e. The Kier molecular flexibility index (Phi) is 7.44. The summed E-state index contributed by atoms with van der Waals surface area (Å²) in [6, 6.07) is -1.33. The Bertz CT molecular complexity index is 712. The van der Waals surface area contributed by atoms with Crippen LogP contribution in [0.3, 0.4) is 0 Å². The van der Waals surface area contributed by atoms with Gasteiger partial charge in [-0.1, -0.05) is 27.2 Å². The van der Waals surface area contributed by atoms with Gasteiger partial charge in [0.25, 0.3) is 11.8 Å². The van der Waals surface area contributed by atoms with E-state index in [0.717, 1.165) is 24.2 Å². The highest BCUT2D eigenvalue weighted by molar-refractivity contribution is 6.08. The Labute approximate surface area is 176 Å². The molecule has 1 aliphatic carbocycles. The fourth-order valence-corrected chi connectivity index (χ4v) is 4.03. The fraction of sp³-hybridized carbons (Fsp3) is 0.750. The van der Waals surface area contributed by atoms with Gasteiger partial charge >= 0.3 is 18.0 Å². The van der Waals surface area contributed by atoms with Crippen LogP contribution in [-0.2, 0) is 19.1 Å². The molecule has 0 atom stereocenters. The van der Waals surface area contributed by atoms with Gasteiger partial charge in [-0.25, -0.2) is 9.59 Å². The molecular weight excluding hydrogens is 392 g/mol. The molecule has 10 heteroatoms. The average Bonchev–Trinajstić information content (AvgIpc) is 2.91. The van der Waals surface area contributed by atoms with Crippen molar-refractivity contribution in [2.75, 3.05) is 19.7 Å². The number of hydrogen-bond donors (Lipinski definition) is 3. The molecule has 0 radical (unpaired) electrons. The molecule has 1 aliphatic heterocycles. The Hall–Kier alpha value is -2.65. The molecule has 2 rings (SSSR count). The molecule has 2 aliphatic rings. The third-order valence-corrected chi connectivity index (χ3v) is 6.34. The van der Waals surface area contributed by atoms with Crippen LogP contribution >= 0.6 is 0 Å². The summed E-state index contributed by atoms with van der Waals surface area (Å²) >= 11 is 0. The molecule has 1 saturated carbocycles. The maximum Gasteiger partial charge on any atom is 0.326 e. The summed E-state index contributed by atoms with van der Waals surface area (Å²) in [6.45, 7) is 7.35. The van der Waals surface area contributed by atoms with Crippen LogP contribution in [0.15, 0.2) is 0 Å². The third kappa shape index (κ3) is 5.28. The Morgan fingerprint density at radius 1 is 1.20 bits per heavy atom. The molecule has 3 N–H and O–H groups in total. The molecule has 1 heterocycles. The lowest BCUT2D eigenvalue weighted by atomic mass is 9.65. The van der Waals surface area contributed by atoms with Gasteiger partial charge in [-0.05, 0) is 43.9 Å². The first kappa shape index (κ1) is 23.6. The van der Waals surface area contributed by atoms with Crippen molar-refractivity contribution in [2.24, 2.45) is 11.3 Å². The van der Waals surface area contributed by atoms with Crippen LogP contribution in [0.2, 0.25) is 0 Å². The molecule has 0 aromatic heterocycles. The normalized spacial score (nSPS) is 23.9. The molecule has 6 amide bonds. The molecule has 0 bridgehead atoms. The first-order chi connectivity index (χ1) is 14.0. The number of imide groups is 2. The molecular formula is C20H32N4O6. The Morgan fingerprint density at radius 3 is 2.40 bits per heavy atom. The zero-order valence-corrected chi connectivity index (χ0v) is 18.1. The Morgan fingerprint density at radius 2 is 1.83 bits per heavy atom. The van der Waals surface area contributed by atoms with Crippen molar-refractivity contribution in [3.8, 4) is 0 Å². The van der Waals surface area contributed by atoms with Gasteiger partial charge in [0.15, 0.2) is 6.61 Å². The van der Waals surface area contributed by atoms with E-state index in [1.165, 1.54) is 0 Å². The van der Waals surface area contributed by atoms with Crippen LogP contribution in [0.25, 0.3) is 0 Å². The summed E-state index contributed by atoms with van der Waals surface area (Å²) in [7, 11) is 0. The van der Waals surface area contributed by atoms with Crippen LogP contribution in [0.5, 0.6) is 0 Å². The lowest BCUT2D eigenvalue weighted by Crippen LogP contribution is -2.51. The second kappa shape index (κ2) is 9.44. The van der Waals surface area contributed by atoms with Crippen molar-refractivity contribution in [1.29, 1.82) is 0 Å². The summed E-state index contributed by atoms with van der Waals surface area (Å²) in [4.78, 5) is 60.9. The SMILES string of the molecule is CCNC(=O)NC(=O)COC(=O)CN1C(=O)NC2(CCC(C(C)(C)CC)CC2)C1=O.